The number of rotatable bonds is 6. The van der Waals surface area contributed by atoms with Gasteiger partial charge in [-0.2, -0.15) is 0 Å². The van der Waals surface area contributed by atoms with Gasteiger partial charge in [0.15, 0.2) is 0 Å². The molecule has 1 N–H and O–H groups in total. The number of imide groups is 1. The van der Waals surface area contributed by atoms with Crippen molar-refractivity contribution >= 4 is 37.5 Å². The molecule has 3 aromatic rings. The number of amides is 2. The zero-order chi connectivity index (χ0) is 24.2. The fourth-order valence-electron chi connectivity index (χ4n) is 4.69. The van der Waals surface area contributed by atoms with Gasteiger partial charge in [0.25, 0.3) is 0 Å². The zero-order valence-corrected chi connectivity index (χ0v) is 21.9. The number of piperidine rings is 1. The average Bonchev–Trinajstić information content (AvgIpc) is 2.90. The third kappa shape index (κ3) is 5.42. The Morgan fingerprint density at radius 3 is 2.43 bits per heavy atom. The summed E-state index contributed by atoms with van der Waals surface area (Å²) < 4.78 is 6.61. The van der Waals surface area contributed by atoms with Gasteiger partial charge in [-0.15, -0.1) is 0 Å². The standard InChI is InChI=1S/C29H29AsN2O3/c1-35-24-7-5-6-21(16-24)22-10-13-25-26(17-22)27(29(34)31-28(25)33)18-30-23-11-8-20(9-12-23)19-32-14-3-2-4-15-32/h5-13,16-18,30H,2-4,14-15,19H2,1H3,(H,31,33,34). The van der Waals surface area contributed by atoms with Crippen LogP contribution in [-0.4, -0.2) is 52.7 Å². The normalized spacial score (nSPS) is 17.6. The molecule has 0 saturated carbocycles. The van der Waals surface area contributed by atoms with E-state index in [2.05, 4.69) is 39.3 Å². The van der Waals surface area contributed by atoms with E-state index < -0.39 is 15.8 Å². The molecular weight excluding hydrogens is 499 g/mol. The molecule has 1 unspecified atom stereocenters. The summed E-state index contributed by atoms with van der Waals surface area (Å²) >= 11 is -0.698. The predicted molar refractivity (Wildman–Crippen MR) is 141 cm³/mol. The summed E-state index contributed by atoms with van der Waals surface area (Å²) in [5.41, 5.74) is 5.07. The first-order valence-electron chi connectivity index (χ1n) is 12.0. The number of carbonyl (C=O) groups excluding carboxylic acids is 2. The van der Waals surface area contributed by atoms with E-state index in [1.54, 1.807) is 13.2 Å². The van der Waals surface area contributed by atoms with Gasteiger partial charge in [-0.05, 0) is 0 Å². The second-order valence-electron chi connectivity index (χ2n) is 9.01. The Bertz CT molecular complexity index is 1280. The van der Waals surface area contributed by atoms with E-state index >= 15 is 0 Å². The second kappa shape index (κ2) is 10.6. The Morgan fingerprint density at radius 1 is 0.886 bits per heavy atom. The fraction of sp³-hybridized carbons (Fsp3) is 0.241. The molecule has 1 fully saturated rings. The maximum atomic E-state index is 12.8. The number of ether oxygens (including phenoxy) is 1. The number of hydrogen-bond donors (Lipinski definition) is 1. The number of benzene rings is 3. The van der Waals surface area contributed by atoms with Crippen molar-refractivity contribution in [3.63, 3.8) is 0 Å². The topological polar surface area (TPSA) is 58.6 Å². The van der Waals surface area contributed by atoms with Crippen LogP contribution in [0, 0.1) is 0 Å². The number of methoxy groups -OCH3 is 1. The van der Waals surface area contributed by atoms with Gasteiger partial charge in [0.1, 0.15) is 0 Å². The molecule has 0 aliphatic carbocycles. The van der Waals surface area contributed by atoms with Gasteiger partial charge in [0.2, 0.25) is 0 Å². The SMILES string of the molecule is COc1cccc(-c2ccc3c(c2)C(=C[AsH]c2ccc(CN4CCCCC4)cc2)C(=O)NC3=O)c1. The van der Waals surface area contributed by atoms with E-state index in [1.165, 1.54) is 42.3 Å². The average molecular weight is 528 g/mol. The van der Waals surface area contributed by atoms with Crippen LogP contribution in [0.5, 0.6) is 5.75 Å². The molecule has 0 spiro atoms. The molecule has 2 aliphatic rings. The van der Waals surface area contributed by atoms with Crippen molar-refractivity contribution in [3.8, 4) is 16.9 Å². The van der Waals surface area contributed by atoms with Crippen LogP contribution in [0.2, 0.25) is 0 Å². The van der Waals surface area contributed by atoms with Gasteiger partial charge >= 0.3 is 213 Å². The molecule has 0 aromatic heterocycles. The molecule has 5 rings (SSSR count). The summed E-state index contributed by atoms with van der Waals surface area (Å²) in [6.45, 7) is 3.38. The van der Waals surface area contributed by atoms with Crippen LogP contribution >= 0.6 is 0 Å². The number of hydrogen-bond acceptors (Lipinski definition) is 4. The first-order valence-corrected chi connectivity index (χ1v) is 14.3. The van der Waals surface area contributed by atoms with E-state index in [0.29, 0.717) is 16.7 Å². The van der Waals surface area contributed by atoms with Crippen LogP contribution < -0.4 is 14.4 Å². The first-order chi connectivity index (χ1) is 17.1. The Hall–Kier alpha value is -3.14. The molecule has 6 heteroatoms. The van der Waals surface area contributed by atoms with E-state index in [4.69, 9.17) is 4.74 Å². The number of nitrogens with zero attached hydrogens (tertiary/aromatic N) is 1. The van der Waals surface area contributed by atoms with Gasteiger partial charge in [-0.25, -0.2) is 0 Å². The van der Waals surface area contributed by atoms with Crippen molar-refractivity contribution in [2.45, 2.75) is 25.8 Å². The Kier molecular flexibility index (Phi) is 7.17. The number of nitrogens with one attached hydrogen (secondary N) is 1. The monoisotopic (exact) mass is 528 g/mol. The predicted octanol–water partition coefficient (Wildman–Crippen LogP) is 3.72. The summed E-state index contributed by atoms with van der Waals surface area (Å²) in [4.78, 5) is 29.9. The molecule has 178 valence electrons. The van der Waals surface area contributed by atoms with Crippen molar-refractivity contribution in [1.82, 2.24) is 10.2 Å². The molecule has 0 radical (unpaired) electrons. The van der Waals surface area contributed by atoms with Crippen molar-refractivity contribution in [3.05, 3.63) is 88.3 Å². The summed E-state index contributed by atoms with van der Waals surface area (Å²) in [6.07, 6.45) is 3.94. The van der Waals surface area contributed by atoms with Gasteiger partial charge in [-0.3, -0.25) is 0 Å². The zero-order valence-electron chi connectivity index (χ0n) is 19.8. The third-order valence-electron chi connectivity index (χ3n) is 6.62. The molecule has 3 aromatic carbocycles. The number of fused-ring (bicyclic) bond motifs is 1. The van der Waals surface area contributed by atoms with Crippen LogP contribution in [0.1, 0.15) is 40.7 Å². The quantitative estimate of drug-likeness (QED) is 0.301. The van der Waals surface area contributed by atoms with Crippen molar-refractivity contribution in [2.24, 2.45) is 0 Å². The first kappa shape index (κ1) is 23.6. The molecule has 5 nitrogen and oxygen atoms in total. The molecule has 2 amide bonds. The molecule has 0 bridgehead atoms. The maximum absolute atomic E-state index is 12.8. The fourth-order valence-corrected chi connectivity index (χ4v) is 6.70. The van der Waals surface area contributed by atoms with Crippen LogP contribution in [0.15, 0.2) is 71.6 Å². The van der Waals surface area contributed by atoms with Crippen LogP contribution in [0.25, 0.3) is 16.7 Å². The number of carbonyl (C=O) groups is 2. The van der Waals surface area contributed by atoms with Crippen molar-refractivity contribution in [2.75, 3.05) is 20.2 Å². The van der Waals surface area contributed by atoms with E-state index in [-0.39, 0.29) is 11.8 Å². The van der Waals surface area contributed by atoms with Crippen LogP contribution in [-0.2, 0) is 11.3 Å². The van der Waals surface area contributed by atoms with E-state index in [9.17, 15) is 9.59 Å². The molecule has 35 heavy (non-hydrogen) atoms. The minimum absolute atomic E-state index is 0.323. The van der Waals surface area contributed by atoms with Gasteiger partial charge in [0.05, 0.1) is 0 Å². The Morgan fingerprint density at radius 2 is 1.66 bits per heavy atom. The summed E-state index contributed by atoms with van der Waals surface area (Å²) in [5, 5.41) is 2.50. The molecule has 2 aliphatic heterocycles. The van der Waals surface area contributed by atoms with Gasteiger partial charge in [-0.1, -0.05) is 0 Å². The summed E-state index contributed by atoms with van der Waals surface area (Å²) in [7, 11) is 1.64. The van der Waals surface area contributed by atoms with Gasteiger partial charge < -0.3 is 0 Å². The summed E-state index contributed by atoms with van der Waals surface area (Å²) in [6, 6.07) is 22.2. The van der Waals surface area contributed by atoms with Gasteiger partial charge in [0, 0.05) is 0 Å². The second-order valence-corrected chi connectivity index (χ2v) is 11.4. The van der Waals surface area contributed by atoms with E-state index in [1.807, 2.05) is 36.4 Å². The third-order valence-corrected chi connectivity index (χ3v) is 8.93. The molecule has 2 heterocycles. The van der Waals surface area contributed by atoms with Crippen LogP contribution in [0.3, 0.4) is 0 Å². The Labute approximate surface area is 212 Å². The van der Waals surface area contributed by atoms with Crippen LogP contribution in [0.4, 0.5) is 0 Å². The minimum atomic E-state index is -0.698. The van der Waals surface area contributed by atoms with E-state index in [0.717, 1.165) is 23.4 Å². The Balaban J connectivity index is 1.38. The molecule has 1 atom stereocenters. The molecular formula is C29H29AsN2O3. The van der Waals surface area contributed by atoms with Crippen molar-refractivity contribution in [1.29, 1.82) is 0 Å². The van der Waals surface area contributed by atoms with Crippen molar-refractivity contribution < 1.29 is 14.3 Å². The molecule has 1 saturated heterocycles. The number of likely N-dealkylation sites (tertiary alicyclic amines) is 1. The summed E-state index contributed by atoms with van der Waals surface area (Å²) in [5.74, 6) is 0.0948.